The Kier molecular flexibility index (Phi) is 6.29. The molecule has 4 rings (SSSR count). The number of nitrogens with zero attached hydrogens (tertiary/aromatic N) is 5. The Morgan fingerprint density at radius 2 is 1.69 bits per heavy atom. The summed E-state index contributed by atoms with van der Waals surface area (Å²) in [4.78, 5) is 39.0. The van der Waals surface area contributed by atoms with Gasteiger partial charge >= 0.3 is 5.97 Å². The summed E-state index contributed by atoms with van der Waals surface area (Å²) in [6, 6.07) is 11.0. The van der Waals surface area contributed by atoms with Crippen molar-refractivity contribution in [2.24, 2.45) is 14.1 Å². The van der Waals surface area contributed by atoms with Gasteiger partial charge in [-0.25, -0.2) is 9.48 Å². The highest BCUT2D eigenvalue weighted by Gasteiger charge is 2.25. The molecular formula is C25H26ClN5O4. The van der Waals surface area contributed by atoms with Crippen LogP contribution in [0.1, 0.15) is 43.5 Å². The third-order valence-corrected chi connectivity index (χ3v) is 6.60. The zero-order chi connectivity index (χ0) is 25.6. The van der Waals surface area contributed by atoms with Crippen LogP contribution in [-0.4, -0.2) is 42.1 Å². The van der Waals surface area contributed by atoms with Gasteiger partial charge in [-0.15, -0.1) is 0 Å². The van der Waals surface area contributed by atoms with Gasteiger partial charge in [0.05, 0.1) is 17.1 Å². The number of ether oxygens (including phenoxy) is 1. The van der Waals surface area contributed by atoms with Crippen molar-refractivity contribution >= 4 is 23.4 Å². The zero-order valence-corrected chi connectivity index (χ0v) is 21.2. The molecular weight excluding hydrogens is 470 g/mol. The van der Waals surface area contributed by atoms with E-state index in [-0.39, 0.29) is 22.1 Å². The quantitative estimate of drug-likeness (QED) is 0.301. The number of Topliss-reactive ketones (excluding diaryl/α,β-unsaturated/α-hetero) is 1. The first-order valence-electron chi connectivity index (χ1n) is 11.0. The lowest BCUT2D eigenvalue weighted by molar-refractivity contribution is 0.0474. The maximum absolute atomic E-state index is 13.5. The van der Waals surface area contributed by atoms with Crippen LogP contribution in [0.4, 0.5) is 0 Å². The number of aromatic nitrogens is 5. The molecule has 0 aliphatic carbocycles. The standard InChI is InChI=1S/C25H26ClN5O4/c1-14-12-19(20(32)13-35-25(34)21-15(2)27-28(5)23(21)26)16(3)30(14)22-17(4)29(6)31(24(22)33)18-10-8-7-9-11-18/h7-12H,13H2,1-6H3. The first kappa shape index (κ1) is 24.3. The zero-order valence-electron chi connectivity index (χ0n) is 20.4. The van der Waals surface area contributed by atoms with E-state index in [0.717, 1.165) is 11.4 Å². The number of benzene rings is 1. The Labute approximate surface area is 207 Å². The SMILES string of the molecule is Cc1nn(C)c(Cl)c1C(=O)OCC(=O)c1cc(C)n(-c2c(C)n(C)n(-c3ccccc3)c2=O)c1C. The number of hydrogen-bond donors (Lipinski definition) is 0. The van der Waals surface area contributed by atoms with Gasteiger partial charge in [-0.3, -0.25) is 19.0 Å². The second-order valence-electron chi connectivity index (χ2n) is 8.40. The fraction of sp³-hybridized carbons (Fsp3) is 0.280. The van der Waals surface area contributed by atoms with Gasteiger partial charge < -0.3 is 9.30 Å². The number of carbonyl (C=O) groups excluding carboxylic acids is 2. The first-order valence-corrected chi connectivity index (χ1v) is 11.3. The predicted molar refractivity (Wildman–Crippen MR) is 132 cm³/mol. The van der Waals surface area contributed by atoms with Gasteiger partial charge in [-0.2, -0.15) is 5.10 Å². The van der Waals surface area contributed by atoms with Crippen molar-refractivity contribution in [2.45, 2.75) is 27.7 Å². The fourth-order valence-corrected chi connectivity index (χ4v) is 4.60. The van der Waals surface area contributed by atoms with E-state index >= 15 is 0 Å². The van der Waals surface area contributed by atoms with E-state index in [9.17, 15) is 14.4 Å². The third kappa shape index (κ3) is 4.01. The maximum Gasteiger partial charge on any atom is 0.343 e. The average Bonchev–Trinajstić information content (AvgIpc) is 3.34. The normalized spacial score (nSPS) is 11.2. The molecule has 0 unspecified atom stereocenters. The van der Waals surface area contributed by atoms with Crippen molar-refractivity contribution < 1.29 is 14.3 Å². The summed E-state index contributed by atoms with van der Waals surface area (Å²) in [5.74, 6) is -1.10. The molecule has 0 aliphatic rings. The van der Waals surface area contributed by atoms with Crippen LogP contribution in [0.3, 0.4) is 0 Å². The van der Waals surface area contributed by atoms with Crippen molar-refractivity contribution in [3.05, 3.63) is 85.8 Å². The Bertz CT molecular complexity index is 1520. The summed E-state index contributed by atoms with van der Waals surface area (Å²) in [5, 5.41) is 4.23. The van der Waals surface area contributed by atoms with Crippen LogP contribution in [0.25, 0.3) is 11.4 Å². The predicted octanol–water partition coefficient (Wildman–Crippen LogP) is 3.63. The number of para-hydroxylation sites is 1. The van der Waals surface area contributed by atoms with Gasteiger partial charge in [0.15, 0.2) is 6.61 Å². The molecule has 0 bridgehead atoms. The summed E-state index contributed by atoms with van der Waals surface area (Å²) >= 11 is 6.12. The fourth-order valence-electron chi connectivity index (χ4n) is 4.34. The first-order chi connectivity index (χ1) is 16.5. The molecule has 4 aromatic rings. The third-order valence-electron chi connectivity index (χ3n) is 6.17. The van der Waals surface area contributed by atoms with Gasteiger partial charge in [-0.05, 0) is 45.9 Å². The number of carbonyl (C=O) groups is 2. The van der Waals surface area contributed by atoms with Crippen LogP contribution in [0.15, 0.2) is 41.2 Å². The summed E-state index contributed by atoms with van der Waals surface area (Å²) in [5.41, 5.74) is 3.97. The van der Waals surface area contributed by atoms with Gasteiger partial charge in [-0.1, -0.05) is 29.8 Å². The van der Waals surface area contributed by atoms with E-state index in [1.807, 2.05) is 51.2 Å². The number of hydrogen-bond acceptors (Lipinski definition) is 5. The Morgan fingerprint density at radius 1 is 1.03 bits per heavy atom. The van der Waals surface area contributed by atoms with Crippen LogP contribution >= 0.6 is 11.6 Å². The molecule has 3 aromatic heterocycles. The molecule has 0 spiro atoms. The second-order valence-corrected chi connectivity index (χ2v) is 8.76. The summed E-state index contributed by atoms with van der Waals surface area (Å²) < 4.78 is 11.8. The number of esters is 1. The Balaban J connectivity index is 1.66. The Morgan fingerprint density at radius 3 is 2.29 bits per heavy atom. The molecule has 9 nitrogen and oxygen atoms in total. The highest BCUT2D eigenvalue weighted by atomic mass is 35.5. The van der Waals surface area contributed by atoms with Gasteiger partial charge in [0.2, 0.25) is 5.78 Å². The molecule has 0 fully saturated rings. The van der Waals surface area contributed by atoms with E-state index in [1.54, 1.807) is 40.9 Å². The van der Waals surface area contributed by atoms with E-state index in [2.05, 4.69) is 5.10 Å². The van der Waals surface area contributed by atoms with Gasteiger partial charge in [0.1, 0.15) is 16.4 Å². The smallest absolute Gasteiger partial charge is 0.343 e. The summed E-state index contributed by atoms with van der Waals surface area (Å²) in [6.07, 6.45) is 0. The molecule has 35 heavy (non-hydrogen) atoms. The van der Waals surface area contributed by atoms with E-state index in [1.165, 1.54) is 4.68 Å². The number of aryl methyl sites for hydroxylation is 3. The monoisotopic (exact) mass is 495 g/mol. The minimum atomic E-state index is -0.715. The molecule has 0 amide bonds. The van der Waals surface area contributed by atoms with E-state index in [4.69, 9.17) is 16.3 Å². The molecule has 3 heterocycles. The molecule has 0 saturated carbocycles. The van der Waals surface area contributed by atoms with Crippen LogP contribution < -0.4 is 5.56 Å². The summed E-state index contributed by atoms with van der Waals surface area (Å²) in [6.45, 7) is 6.63. The van der Waals surface area contributed by atoms with Crippen LogP contribution in [-0.2, 0) is 18.8 Å². The van der Waals surface area contributed by atoms with Crippen LogP contribution in [0.2, 0.25) is 5.15 Å². The number of rotatable bonds is 6. The lowest BCUT2D eigenvalue weighted by atomic mass is 10.1. The molecule has 10 heteroatoms. The number of ketones is 1. The molecule has 0 N–H and O–H groups in total. The lowest BCUT2D eigenvalue weighted by Crippen LogP contribution is -2.22. The van der Waals surface area contributed by atoms with E-state index in [0.29, 0.717) is 28.3 Å². The minimum absolute atomic E-state index is 0.133. The molecule has 0 aliphatic heterocycles. The molecule has 0 atom stereocenters. The van der Waals surface area contributed by atoms with Crippen LogP contribution in [0, 0.1) is 27.7 Å². The highest BCUT2D eigenvalue weighted by molar-refractivity contribution is 6.32. The molecule has 0 radical (unpaired) electrons. The van der Waals surface area contributed by atoms with E-state index < -0.39 is 12.6 Å². The molecule has 182 valence electrons. The largest absolute Gasteiger partial charge is 0.454 e. The van der Waals surface area contributed by atoms with Gasteiger partial charge in [0.25, 0.3) is 5.56 Å². The molecule has 0 saturated heterocycles. The van der Waals surface area contributed by atoms with Gasteiger partial charge in [0, 0.05) is 31.0 Å². The Hall–Kier alpha value is -3.85. The van der Waals surface area contributed by atoms with Crippen molar-refractivity contribution in [2.75, 3.05) is 6.61 Å². The van der Waals surface area contributed by atoms with Crippen molar-refractivity contribution in [1.82, 2.24) is 23.7 Å². The highest BCUT2D eigenvalue weighted by Crippen LogP contribution is 2.24. The molecule has 1 aromatic carbocycles. The second kappa shape index (κ2) is 9.07. The summed E-state index contributed by atoms with van der Waals surface area (Å²) in [7, 11) is 3.43. The van der Waals surface area contributed by atoms with Crippen molar-refractivity contribution in [3.8, 4) is 11.4 Å². The van der Waals surface area contributed by atoms with Crippen molar-refractivity contribution in [1.29, 1.82) is 0 Å². The number of halogens is 1. The minimum Gasteiger partial charge on any atom is -0.454 e. The average molecular weight is 496 g/mol. The maximum atomic E-state index is 13.5. The lowest BCUT2D eigenvalue weighted by Gasteiger charge is -2.09. The van der Waals surface area contributed by atoms with Crippen LogP contribution in [0.5, 0.6) is 0 Å². The van der Waals surface area contributed by atoms with Crippen molar-refractivity contribution in [3.63, 3.8) is 0 Å². The topological polar surface area (TPSA) is 93.1 Å².